The van der Waals surface area contributed by atoms with Crippen LogP contribution in [0.2, 0.25) is 0 Å². The molecule has 90 valence electrons. The second-order valence-electron chi connectivity index (χ2n) is 3.69. The van der Waals surface area contributed by atoms with Gasteiger partial charge in [-0.1, -0.05) is 6.92 Å². The summed E-state index contributed by atoms with van der Waals surface area (Å²) in [6, 6.07) is 3.82. The fourth-order valence-electron chi connectivity index (χ4n) is 1.38. The second-order valence-corrected chi connectivity index (χ2v) is 5.68. The third-order valence-corrected chi connectivity index (χ3v) is 4.18. The van der Waals surface area contributed by atoms with E-state index >= 15 is 0 Å². The van der Waals surface area contributed by atoms with Gasteiger partial charge in [0.1, 0.15) is 5.82 Å². The molecule has 0 aliphatic heterocycles. The first-order valence-corrected chi connectivity index (χ1v) is 7.42. The zero-order chi connectivity index (χ0) is 12.1. The van der Waals surface area contributed by atoms with Crippen molar-refractivity contribution in [3.8, 4) is 0 Å². The van der Waals surface area contributed by atoms with Crippen molar-refractivity contribution in [2.24, 2.45) is 0 Å². The molecule has 2 heterocycles. The summed E-state index contributed by atoms with van der Waals surface area (Å²) < 4.78 is 0. The lowest BCUT2D eigenvalue weighted by atomic mass is 10.3. The number of nitrogens with two attached hydrogens (primary N) is 1. The van der Waals surface area contributed by atoms with E-state index in [1.807, 2.05) is 12.1 Å². The van der Waals surface area contributed by atoms with Gasteiger partial charge in [0.25, 0.3) is 0 Å². The van der Waals surface area contributed by atoms with Crippen LogP contribution in [-0.4, -0.2) is 9.97 Å². The molecule has 0 aliphatic rings. The monoisotopic (exact) mass is 265 g/mol. The Morgan fingerprint density at radius 1 is 1.41 bits per heavy atom. The molecule has 2 aromatic heterocycles. The maximum atomic E-state index is 5.54. The van der Waals surface area contributed by atoms with Crippen LogP contribution < -0.4 is 5.73 Å². The van der Waals surface area contributed by atoms with Gasteiger partial charge in [-0.05, 0) is 25.0 Å². The SMILES string of the molecule is CCCc1nc(CSc2ccc(N)nc2)cs1. The highest BCUT2D eigenvalue weighted by Gasteiger charge is 2.02. The molecule has 0 atom stereocenters. The Kier molecular flexibility index (Phi) is 4.39. The van der Waals surface area contributed by atoms with Gasteiger partial charge < -0.3 is 5.73 Å². The number of rotatable bonds is 5. The van der Waals surface area contributed by atoms with Crippen LogP contribution in [-0.2, 0) is 12.2 Å². The number of aromatic nitrogens is 2. The van der Waals surface area contributed by atoms with Gasteiger partial charge in [-0.25, -0.2) is 9.97 Å². The van der Waals surface area contributed by atoms with E-state index in [-0.39, 0.29) is 0 Å². The first-order chi connectivity index (χ1) is 8.28. The third kappa shape index (κ3) is 3.71. The molecular weight excluding hydrogens is 250 g/mol. The standard InChI is InChI=1S/C12H15N3S2/c1-2-3-12-15-9(8-17-12)7-16-10-4-5-11(13)14-6-10/h4-6,8H,2-3,7H2,1H3,(H2,13,14). The first-order valence-electron chi connectivity index (χ1n) is 5.55. The van der Waals surface area contributed by atoms with Gasteiger partial charge in [-0.3, -0.25) is 0 Å². The van der Waals surface area contributed by atoms with Crippen molar-refractivity contribution < 1.29 is 0 Å². The lowest BCUT2D eigenvalue weighted by Crippen LogP contribution is -1.88. The summed E-state index contributed by atoms with van der Waals surface area (Å²) in [7, 11) is 0. The predicted molar refractivity (Wildman–Crippen MR) is 74.3 cm³/mol. The van der Waals surface area contributed by atoms with Crippen LogP contribution in [0, 0.1) is 0 Å². The van der Waals surface area contributed by atoms with Crippen LogP contribution in [0.5, 0.6) is 0 Å². The number of hydrogen-bond acceptors (Lipinski definition) is 5. The summed E-state index contributed by atoms with van der Waals surface area (Å²) in [6.45, 7) is 2.18. The minimum absolute atomic E-state index is 0.563. The van der Waals surface area contributed by atoms with E-state index in [0.29, 0.717) is 5.82 Å². The predicted octanol–water partition coefficient (Wildman–Crippen LogP) is 3.37. The molecule has 0 aliphatic carbocycles. The minimum Gasteiger partial charge on any atom is -0.384 e. The molecule has 0 radical (unpaired) electrons. The van der Waals surface area contributed by atoms with Crippen molar-refractivity contribution in [2.45, 2.75) is 30.4 Å². The number of thiazole rings is 1. The average molecular weight is 265 g/mol. The first kappa shape index (κ1) is 12.4. The Morgan fingerprint density at radius 2 is 2.29 bits per heavy atom. The molecule has 2 rings (SSSR count). The maximum Gasteiger partial charge on any atom is 0.123 e. The zero-order valence-electron chi connectivity index (χ0n) is 9.72. The average Bonchev–Trinajstić information content (AvgIpc) is 2.77. The van der Waals surface area contributed by atoms with Gasteiger partial charge in [0.05, 0.1) is 10.7 Å². The highest BCUT2D eigenvalue weighted by molar-refractivity contribution is 7.98. The number of thioether (sulfide) groups is 1. The van der Waals surface area contributed by atoms with Crippen LogP contribution in [0.3, 0.4) is 0 Å². The Morgan fingerprint density at radius 3 is 3.00 bits per heavy atom. The van der Waals surface area contributed by atoms with Crippen molar-refractivity contribution in [1.82, 2.24) is 9.97 Å². The molecular formula is C12H15N3S2. The molecule has 2 N–H and O–H groups in total. The van der Waals surface area contributed by atoms with Crippen molar-refractivity contribution in [1.29, 1.82) is 0 Å². The van der Waals surface area contributed by atoms with E-state index in [0.717, 1.165) is 29.2 Å². The fraction of sp³-hybridized carbons (Fsp3) is 0.333. The van der Waals surface area contributed by atoms with Gasteiger partial charge in [-0.2, -0.15) is 0 Å². The molecule has 0 bridgehead atoms. The molecule has 0 saturated heterocycles. The molecule has 0 fully saturated rings. The quantitative estimate of drug-likeness (QED) is 0.842. The molecule has 0 amide bonds. The van der Waals surface area contributed by atoms with Crippen molar-refractivity contribution in [3.05, 3.63) is 34.4 Å². The van der Waals surface area contributed by atoms with Gasteiger partial charge in [0.2, 0.25) is 0 Å². The number of anilines is 1. The minimum atomic E-state index is 0.563. The van der Waals surface area contributed by atoms with Crippen LogP contribution in [0.25, 0.3) is 0 Å². The van der Waals surface area contributed by atoms with Crippen molar-refractivity contribution >= 4 is 28.9 Å². The molecule has 17 heavy (non-hydrogen) atoms. The van der Waals surface area contributed by atoms with Gasteiger partial charge in [0.15, 0.2) is 0 Å². The van der Waals surface area contributed by atoms with E-state index in [4.69, 9.17) is 5.73 Å². The molecule has 0 unspecified atom stereocenters. The Hall–Kier alpha value is -1.07. The highest BCUT2D eigenvalue weighted by atomic mass is 32.2. The number of nitrogens with zero attached hydrogens (tertiary/aromatic N) is 2. The van der Waals surface area contributed by atoms with E-state index in [9.17, 15) is 0 Å². The zero-order valence-corrected chi connectivity index (χ0v) is 11.4. The summed E-state index contributed by atoms with van der Waals surface area (Å²) in [5, 5.41) is 3.38. The van der Waals surface area contributed by atoms with E-state index in [1.54, 1.807) is 29.3 Å². The summed E-state index contributed by atoms with van der Waals surface area (Å²) in [6.07, 6.45) is 4.04. The normalized spacial score (nSPS) is 10.6. The Labute approximate surface area is 109 Å². The topological polar surface area (TPSA) is 51.8 Å². The summed E-state index contributed by atoms with van der Waals surface area (Å²) in [5.74, 6) is 1.46. The van der Waals surface area contributed by atoms with Crippen LogP contribution in [0.1, 0.15) is 24.0 Å². The van der Waals surface area contributed by atoms with Crippen molar-refractivity contribution in [3.63, 3.8) is 0 Å². The largest absolute Gasteiger partial charge is 0.384 e. The van der Waals surface area contributed by atoms with E-state index in [1.165, 1.54) is 5.01 Å². The molecule has 3 nitrogen and oxygen atoms in total. The van der Waals surface area contributed by atoms with Crippen LogP contribution in [0.15, 0.2) is 28.6 Å². The smallest absolute Gasteiger partial charge is 0.123 e. The van der Waals surface area contributed by atoms with Gasteiger partial charge in [-0.15, -0.1) is 23.1 Å². The fourth-order valence-corrected chi connectivity index (χ4v) is 3.14. The number of aryl methyl sites for hydroxylation is 1. The highest BCUT2D eigenvalue weighted by Crippen LogP contribution is 2.23. The molecule has 2 aromatic rings. The van der Waals surface area contributed by atoms with E-state index < -0.39 is 0 Å². The Balaban J connectivity index is 1.90. The van der Waals surface area contributed by atoms with Gasteiger partial charge >= 0.3 is 0 Å². The lowest BCUT2D eigenvalue weighted by Gasteiger charge is -1.99. The number of nitrogen functional groups attached to an aromatic ring is 1. The van der Waals surface area contributed by atoms with E-state index in [2.05, 4.69) is 22.3 Å². The Bertz CT molecular complexity index is 465. The molecule has 0 spiro atoms. The maximum absolute atomic E-state index is 5.54. The lowest BCUT2D eigenvalue weighted by molar-refractivity contribution is 0.902. The number of hydrogen-bond donors (Lipinski definition) is 1. The van der Waals surface area contributed by atoms with Crippen LogP contribution >= 0.6 is 23.1 Å². The van der Waals surface area contributed by atoms with Crippen LogP contribution in [0.4, 0.5) is 5.82 Å². The summed E-state index contributed by atoms with van der Waals surface area (Å²) in [4.78, 5) is 9.78. The molecule has 0 aromatic carbocycles. The van der Waals surface area contributed by atoms with Gasteiger partial charge in [0, 0.05) is 22.2 Å². The molecule has 5 heteroatoms. The second kappa shape index (κ2) is 6.02. The number of pyridine rings is 1. The third-order valence-electron chi connectivity index (χ3n) is 2.21. The summed E-state index contributed by atoms with van der Waals surface area (Å²) in [5.41, 5.74) is 6.69. The molecule has 0 saturated carbocycles. The van der Waals surface area contributed by atoms with Crippen molar-refractivity contribution in [2.75, 3.05) is 5.73 Å². The summed E-state index contributed by atoms with van der Waals surface area (Å²) >= 11 is 3.49.